The molecule has 5 nitrogen and oxygen atoms in total. The van der Waals surface area contributed by atoms with Crippen LogP contribution in [0.2, 0.25) is 0 Å². The summed E-state index contributed by atoms with van der Waals surface area (Å²) in [6.45, 7) is 1.68. The fraction of sp³-hybridized carbons (Fsp3) is 0.192. The second-order valence-electron chi connectivity index (χ2n) is 7.77. The number of hydrogen-bond donors (Lipinski definition) is 2. The lowest BCUT2D eigenvalue weighted by molar-refractivity contribution is -0.110. The third-order valence-corrected chi connectivity index (χ3v) is 5.13. The van der Waals surface area contributed by atoms with Crippen LogP contribution in [0.1, 0.15) is 17.5 Å². The van der Waals surface area contributed by atoms with Crippen molar-refractivity contribution >= 4 is 28.6 Å². The zero-order valence-electron chi connectivity index (χ0n) is 17.9. The lowest BCUT2D eigenvalue weighted by Gasteiger charge is -2.15. The number of benzene rings is 3. The van der Waals surface area contributed by atoms with Crippen molar-refractivity contribution in [1.29, 1.82) is 0 Å². The Hall–Kier alpha value is -3.57. The molecule has 0 radical (unpaired) electrons. The van der Waals surface area contributed by atoms with Gasteiger partial charge >= 0.3 is 0 Å². The van der Waals surface area contributed by atoms with Gasteiger partial charge in [0.15, 0.2) is 0 Å². The lowest BCUT2D eigenvalue weighted by Crippen LogP contribution is -2.15. The van der Waals surface area contributed by atoms with Crippen molar-refractivity contribution in [1.82, 2.24) is 4.90 Å². The van der Waals surface area contributed by atoms with E-state index >= 15 is 0 Å². The van der Waals surface area contributed by atoms with Gasteiger partial charge < -0.3 is 20.3 Å². The second kappa shape index (κ2) is 9.49. The summed E-state index contributed by atoms with van der Waals surface area (Å²) in [6.07, 6.45) is 0.978. The van der Waals surface area contributed by atoms with Gasteiger partial charge in [-0.2, -0.15) is 0 Å². The SMILES string of the molecule is CN(C)CCCOc1ccc(N/C(=C2\C(=O)Nc3ccccc32)c2ccccc2)cc1. The van der Waals surface area contributed by atoms with E-state index in [1.807, 2.05) is 78.9 Å². The van der Waals surface area contributed by atoms with Crippen LogP contribution < -0.4 is 15.4 Å². The summed E-state index contributed by atoms with van der Waals surface area (Å²) in [6, 6.07) is 25.5. The summed E-state index contributed by atoms with van der Waals surface area (Å²) in [5, 5.41) is 6.44. The topological polar surface area (TPSA) is 53.6 Å². The van der Waals surface area contributed by atoms with E-state index < -0.39 is 0 Å². The average Bonchev–Trinajstić information content (AvgIpc) is 3.12. The quantitative estimate of drug-likeness (QED) is 0.405. The van der Waals surface area contributed by atoms with Gasteiger partial charge in [0.05, 0.1) is 17.9 Å². The molecule has 0 bridgehead atoms. The minimum Gasteiger partial charge on any atom is -0.494 e. The van der Waals surface area contributed by atoms with Gasteiger partial charge in [-0.15, -0.1) is 0 Å². The van der Waals surface area contributed by atoms with Crippen molar-refractivity contribution in [2.24, 2.45) is 0 Å². The summed E-state index contributed by atoms with van der Waals surface area (Å²) >= 11 is 0. The summed E-state index contributed by atoms with van der Waals surface area (Å²) in [4.78, 5) is 15.0. The Morgan fingerprint density at radius 3 is 2.39 bits per heavy atom. The normalized spacial score (nSPS) is 14.2. The zero-order valence-corrected chi connectivity index (χ0v) is 17.9. The van der Waals surface area contributed by atoms with Crippen LogP contribution in [-0.2, 0) is 4.79 Å². The molecule has 0 atom stereocenters. The van der Waals surface area contributed by atoms with E-state index in [9.17, 15) is 4.79 Å². The van der Waals surface area contributed by atoms with Crippen molar-refractivity contribution < 1.29 is 9.53 Å². The Kier molecular flexibility index (Phi) is 6.34. The van der Waals surface area contributed by atoms with Crippen molar-refractivity contribution in [3.8, 4) is 5.75 Å². The number of carbonyl (C=O) groups excluding carboxylic acids is 1. The number of nitrogens with zero attached hydrogens (tertiary/aromatic N) is 1. The number of rotatable bonds is 8. The summed E-state index contributed by atoms with van der Waals surface area (Å²) in [5.41, 5.74) is 5.00. The smallest absolute Gasteiger partial charge is 0.258 e. The lowest BCUT2D eigenvalue weighted by atomic mass is 10.00. The van der Waals surface area contributed by atoms with Gasteiger partial charge in [0.1, 0.15) is 5.75 Å². The van der Waals surface area contributed by atoms with Crippen LogP contribution in [0.25, 0.3) is 11.3 Å². The van der Waals surface area contributed by atoms with E-state index in [2.05, 4.69) is 29.6 Å². The third-order valence-electron chi connectivity index (χ3n) is 5.13. The Morgan fingerprint density at radius 2 is 1.65 bits per heavy atom. The van der Waals surface area contributed by atoms with Crippen molar-refractivity contribution in [2.45, 2.75) is 6.42 Å². The molecule has 1 heterocycles. The van der Waals surface area contributed by atoms with Crippen LogP contribution in [0.4, 0.5) is 11.4 Å². The van der Waals surface area contributed by atoms with E-state index in [1.54, 1.807) is 0 Å². The molecule has 0 spiro atoms. The number of amides is 1. The van der Waals surface area contributed by atoms with E-state index in [-0.39, 0.29) is 5.91 Å². The maximum Gasteiger partial charge on any atom is 0.258 e. The van der Waals surface area contributed by atoms with Crippen LogP contribution in [0.3, 0.4) is 0 Å². The first-order valence-corrected chi connectivity index (χ1v) is 10.5. The highest BCUT2D eigenvalue weighted by Crippen LogP contribution is 2.37. The van der Waals surface area contributed by atoms with E-state index in [1.165, 1.54) is 0 Å². The zero-order chi connectivity index (χ0) is 21.6. The number of carbonyl (C=O) groups is 1. The first kappa shape index (κ1) is 20.7. The van der Waals surface area contributed by atoms with Gasteiger partial charge in [-0.25, -0.2) is 0 Å². The molecule has 3 aromatic rings. The number of ether oxygens (including phenoxy) is 1. The van der Waals surface area contributed by atoms with Crippen molar-refractivity contribution in [2.75, 3.05) is 37.9 Å². The van der Waals surface area contributed by atoms with Crippen LogP contribution in [-0.4, -0.2) is 38.1 Å². The minimum atomic E-state index is -0.103. The molecule has 0 aliphatic carbocycles. The van der Waals surface area contributed by atoms with Crippen LogP contribution in [0, 0.1) is 0 Å². The van der Waals surface area contributed by atoms with Gasteiger partial charge in [-0.1, -0.05) is 48.5 Å². The Bertz CT molecular complexity index is 1070. The maximum atomic E-state index is 12.9. The molecule has 0 saturated carbocycles. The fourth-order valence-electron chi connectivity index (χ4n) is 3.60. The third kappa shape index (κ3) is 4.95. The summed E-state index contributed by atoms with van der Waals surface area (Å²) in [5.74, 6) is 0.732. The molecule has 31 heavy (non-hydrogen) atoms. The van der Waals surface area contributed by atoms with Gasteiger partial charge in [0.2, 0.25) is 0 Å². The molecular formula is C26H27N3O2. The van der Waals surface area contributed by atoms with Crippen LogP contribution >= 0.6 is 0 Å². The highest BCUT2D eigenvalue weighted by Gasteiger charge is 2.27. The highest BCUT2D eigenvalue weighted by molar-refractivity contribution is 6.37. The van der Waals surface area contributed by atoms with Gasteiger partial charge in [-0.05, 0) is 56.4 Å². The number of para-hydroxylation sites is 1. The molecule has 2 N–H and O–H groups in total. The van der Waals surface area contributed by atoms with Crippen molar-refractivity contribution in [3.63, 3.8) is 0 Å². The molecule has 3 aromatic carbocycles. The molecule has 1 aliphatic rings. The standard InChI is InChI=1S/C26H27N3O2/c1-29(2)17-8-18-31-21-15-13-20(14-16-21)27-25(19-9-4-3-5-10-19)24-22-11-6-7-12-23(22)28-26(24)30/h3-7,9-16,27H,8,17-18H2,1-2H3,(H,28,30)/b25-24-. The highest BCUT2D eigenvalue weighted by atomic mass is 16.5. The minimum absolute atomic E-state index is 0.103. The molecule has 0 unspecified atom stereocenters. The van der Waals surface area contributed by atoms with Crippen LogP contribution in [0.5, 0.6) is 5.75 Å². The summed E-state index contributed by atoms with van der Waals surface area (Å²) in [7, 11) is 4.12. The molecule has 0 saturated heterocycles. The molecule has 1 amide bonds. The molecule has 1 aliphatic heterocycles. The predicted octanol–water partition coefficient (Wildman–Crippen LogP) is 4.95. The largest absolute Gasteiger partial charge is 0.494 e. The number of fused-ring (bicyclic) bond motifs is 1. The Labute approximate surface area is 183 Å². The van der Waals surface area contributed by atoms with E-state index in [0.717, 1.165) is 46.9 Å². The molecular weight excluding hydrogens is 386 g/mol. The Balaban J connectivity index is 1.60. The van der Waals surface area contributed by atoms with Gasteiger partial charge in [0.25, 0.3) is 5.91 Å². The number of anilines is 2. The number of nitrogens with one attached hydrogen (secondary N) is 2. The molecule has 158 valence electrons. The van der Waals surface area contributed by atoms with Crippen molar-refractivity contribution in [3.05, 3.63) is 90.0 Å². The molecule has 5 heteroatoms. The first-order valence-electron chi connectivity index (χ1n) is 10.5. The molecule has 4 rings (SSSR count). The van der Waals surface area contributed by atoms with E-state index in [0.29, 0.717) is 12.2 Å². The van der Waals surface area contributed by atoms with E-state index in [4.69, 9.17) is 4.74 Å². The molecule has 0 fully saturated rings. The first-order chi connectivity index (χ1) is 15.1. The molecule has 0 aromatic heterocycles. The Morgan fingerprint density at radius 1 is 0.935 bits per heavy atom. The second-order valence-corrected chi connectivity index (χ2v) is 7.77. The van der Waals surface area contributed by atoms with Gasteiger partial charge in [-0.3, -0.25) is 4.79 Å². The summed E-state index contributed by atoms with van der Waals surface area (Å²) < 4.78 is 5.83. The monoisotopic (exact) mass is 413 g/mol. The van der Waals surface area contributed by atoms with Crippen LogP contribution in [0.15, 0.2) is 78.9 Å². The average molecular weight is 414 g/mol. The van der Waals surface area contributed by atoms with Gasteiger partial charge in [0, 0.05) is 23.5 Å². The maximum absolute atomic E-state index is 12.9. The number of hydrogen-bond acceptors (Lipinski definition) is 4. The predicted molar refractivity (Wildman–Crippen MR) is 127 cm³/mol. The fourth-order valence-corrected chi connectivity index (χ4v) is 3.60.